The summed E-state index contributed by atoms with van der Waals surface area (Å²) in [5.41, 5.74) is 6.75. The second-order valence-electron chi connectivity index (χ2n) is 4.05. The number of anilines is 1. The second-order valence-corrected chi connectivity index (χ2v) is 4.96. The van der Waals surface area contributed by atoms with Gasteiger partial charge in [-0.1, -0.05) is 30.3 Å². The molecule has 5 nitrogen and oxygen atoms in total. The number of nitrogens with one attached hydrogen (secondary N) is 1. The number of amides is 1. The Balaban J connectivity index is 2.23. The highest BCUT2D eigenvalue weighted by molar-refractivity contribution is 7.12. The van der Waals surface area contributed by atoms with Crippen LogP contribution in [0.15, 0.2) is 41.8 Å². The van der Waals surface area contributed by atoms with Gasteiger partial charge in [-0.15, -0.1) is 11.3 Å². The molecule has 2 rings (SSSR count). The van der Waals surface area contributed by atoms with Gasteiger partial charge in [0, 0.05) is 0 Å². The highest BCUT2D eigenvalue weighted by atomic mass is 32.1. The van der Waals surface area contributed by atoms with E-state index in [-0.39, 0.29) is 0 Å². The molecule has 6 heteroatoms. The molecule has 20 heavy (non-hydrogen) atoms. The van der Waals surface area contributed by atoms with Gasteiger partial charge < -0.3 is 15.8 Å². The summed E-state index contributed by atoms with van der Waals surface area (Å²) in [6.07, 6.45) is 0. The Morgan fingerprint density at radius 2 is 1.95 bits per heavy atom. The van der Waals surface area contributed by atoms with Crippen molar-refractivity contribution in [1.29, 1.82) is 0 Å². The number of hydrogen-bond acceptors (Lipinski definition) is 5. The van der Waals surface area contributed by atoms with E-state index in [0.717, 1.165) is 0 Å². The zero-order valence-corrected chi connectivity index (χ0v) is 11.6. The monoisotopic (exact) mass is 290 g/mol. The second kappa shape index (κ2) is 6.21. The van der Waals surface area contributed by atoms with E-state index in [1.165, 1.54) is 18.4 Å². The molecule has 104 valence electrons. The minimum atomic E-state index is -0.852. The molecular formula is C14H14N2O3S. The van der Waals surface area contributed by atoms with Crippen molar-refractivity contribution in [3.63, 3.8) is 0 Å². The van der Waals surface area contributed by atoms with E-state index in [0.29, 0.717) is 16.1 Å². The van der Waals surface area contributed by atoms with E-state index in [1.807, 2.05) is 6.07 Å². The van der Waals surface area contributed by atoms with E-state index >= 15 is 0 Å². The average Bonchev–Trinajstić information content (AvgIpc) is 2.91. The lowest BCUT2D eigenvalue weighted by Gasteiger charge is -2.16. The molecule has 0 saturated carbocycles. The first-order chi connectivity index (χ1) is 9.63. The zero-order valence-electron chi connectivity index (χ0n) is 10.8. The fourth-order valence-corrected chi connectivity index (χ4v) is 2.46. The minimum absolute atomic E-state index is 0.384. The molecule has 1 atom stereocenters. The third-order valence-electron chi connectivity index (χ3n) is 2.75. The van der Waals surface area contributed by atoms with Gasteiger partial charge in [0.15, 0.2) is 6.04 Å². The molecule has 0 aliphatic rings. The zero-order chi connectivity index (χ0) is 14.5. The van der Waals surface area contributed by atoms with E-state index in [9.17, 15) is 9.59 Å². The fourth-order valence-electron chi connectivity index (χ4n) is 1.74. The van der Waals surface area contributed by atoms with Crippen LogP contribution in [0.25, 0.3) is 0 Å². The van der Waals surface area contributed by atoms with Crippen molar-refractivity contribution in [1.82, 2.24) is 5.32 Å². The Labute approximate surface area is 120 Å². The number of nitrogen functional groups attached to an aromatic ring is 1. The first kappa shape index (κ1) is 14.1. The maximum atomic E-state index is 12.1. The van der Waals surface area contributed by atoms with Crippen LogP contribution in [0.2, 0.25) is 0 Å². The number of esters is 1. The molecule has 0 aliphatic heterocycles. The molecule has 0 saturated heterocycles. The van der Waals surface area contributed by atoms with Gasteiger partial charge in [0.05, 0.1) is 12.8 Å². The Morgan fingerprint density at radius 1 is 1.25 bits per heavy atom. The number of nitrogens with two attached hydrogens (primary N) is 1. The molecule has 3 N–H and O–H groups in total. The van der Waals surface area contributed by atoms with Crippen LogP contribution in [0.1, 0.15) is 21.3 Å². The molecule has 0 fully saturated rings. The standard InChI is InChI=1S/C14H14N2O3S/c1-19-14(18)11(9-5-3-2-4-6-9)16-13(17)12-10(15)7-8-20-12/h2-8,11H,15H2,1H3,(H,16,17). The first-order valence-corrected chi connectivity index (χ1v) is 6.78. The predicted molar refractivity (Wildman–Crippen MR) is 77.4 cm³/mol. The van der Waals surface area contributed by atoms with E-state index in [4.69, 9.17) is 10.5 Å². The lowest BCUT2D eigenvalue weighted by Crippen LogP contribution is -2.34. The molecule has 1 unspecified atom stereocenters. The summed E-state index contributed by atoms with van der Waals surface area (Å²) in [6.45, 7) is 0. The van der Waals surface area contributed by atoms with E-state index < -0.39 is 17.9 Å². The third kappa shape index (κ3) is 2.97. The maximum absolute atomic E-state index is 12.1. The van der Waals surface area contributed by atoms with Gasteiger partial charge in [0.25, 0.3) is 5.91 Å². The predicted octanol–water partition coefficient (Wildman–Crippen LogP) is 1.97. The molecular weight excluding hydrogens is 276 g/mol. The normalized spacial score (nSPS) is 11.7. The van der Waals surface area contributed by atoms with Crippen molar-refractivity contribution < 1.29 is 14.3 Å². The summed E-state index contributed by atoms with van der Waals surface area (Å²) in [5.74, 6) is -0.920. The highest BCUT2D eigenvalue weighted by Crippen LogP contribution is 2.21. The van der Waals surface area contributed by atoms with Gasteiger partial charge in [-0.25, -0.2) is 4.79 Å². The molecule has 1 aromatic carbocycles. The number of methoxy groups -OCH3 is 1. The number of ether oxygens (including phenoxy) is 1. The van der Waals surface area contributed by atoms with Gasteiger partial charge in [-0.05, 0) is 17.0 Å². The number of benzene rings is 1. The highest BCUT2D eigenvalue weighted by Gasteiger charge is 2.25. The summed E-state index contributed by atoms with van der Waals surface area (Å²) in [6, 6.07) is 9.70. The van der Waals surface area contributed by atoms with Gasteiger partial charge in [-0.2, -0.15) is 0 Å². The number of carbonyl (C=O) groups is 2. The van der Waals surface area contributed by atoms with Crippen LogP contribution >= 0.6 is 11.3 Å². The number of carbonyl (C=O) groups excluding carboxylic acids is 2. The summed E-state index contributed by atoms with van der Waals surface area (Å²) in [5, 5.41) is 4.37. The molecule has 1 heterocycles. The summed E-state index contributed by atoms with van der Waals surface area (Å²) < 4.78 is 4.73. The van der Waals surface area contributed by atoms with Crippen molar-refractivity contribution in [2.75, 3.05) is 12.8 Å². The minimum Gasteiger partial charge on any atom is -0.467 e. The van der Waals surface area contributed by atoms with Gasteiger partial charge in [0.1, 0.15) is 4.88 Å². The topological polar surface area (TPSA) is 81.4 Å². The van der Waals surface area contributed by atoms with Crippen LogP contribution in [0.5, 0.6) is 0 Å². The largest absolute Gasteiger partial charge is 0.467 e. The lowest BCUT2D eigenvalue weighted by atomic mass is 10.1. The van der Waals surface area contributed by atoms with Crippen LogP contribution in [-0.2, 0) is 9.53 Å². The molecule has 0 spiro atoms. The maximum Gasteiger partial charge on any atom is 0.333 e. The Kier molecular flexibility index (Phi) is 4.37. The molecule has 0 radical (unpaired) electrons. The van der Waals surface area contributed by atoms with Crippen LogP contribution in [0.3, 0.4) is 0 Å². The lowest BCUT2D eigenvalue weighted by molar-refractivity contribution is -0.143. The Hall–Kier alpha value is -2.34. The Bertz CT molecular complexity index is 610. The third-order valence-corrected chi connectivity index (χ3v) is 3.68. The molecule has 0 aliphatic carbocycles. The summed E-state index contributed by atoms with van der Waals surface area (Å²) in [4.78, 5) is 24.4. The smallest absolute Gasteiger partial charge is 0.333 e. The average molecular weight is 290 g/mol. The first-order valence-electron chi connectivity index (χ1n) is 5.90. The number of rotatable bonds is 4. The summed E-state index contributed by atoms with van der Waals surface area (Å²) in [7, 11) is 1.28. The molecule has 2 aromatic rings. The molecule has 1 aromatic heterocycles. The van der Waals surface area contributed by atoms with Crippen LogP contribution < -0.4 is 11.1 Å². The van der Waals surface area contributed by atoms with Gasteiger partial charge >= 0.3 is 5.97 Å². The quantitative estimate of drug-likeness (QED) is 0.844. The van der Waals surface area contributed by atoms with Crippen molar-refractivity contribution in [3.05, 3.63) is 52.2 Å². The summed E-state index contributed by atoms with van der Waals surface area (Å²) >= 11 is 1.22. The number of thiophene rings is 1. The van der Waals surface area contributed by atoms with Crippen molar-refractivity contribution in [2.24, 2.45) is 0 Å². The van der Waals surface area contributed by atoms with Crippen LogP contribution in [0.4, 0.5) is 5.69 Å². The SMILES string of the molecule is COC(=O)C(NC(=O)c1sccc1N)c1ccccc1. The van der Waals surface area contributed by atoms with Crippen LogP contribution in [-0.4, -0.2) is 19.0 Å². The van der Waals surface area contributed by atoms with Gasteiger partial charge in [0.2, 0.25) is 0 Å². The molecule has 0 bridgehead atoms. The van der Waals surface area contributed by atoms with E-state index in [2.05, 4.69) is 5.32 Å². The van der Waals surface area contributed by atoms with Crippen LogP contribution in [0, 0.1) is 0 Å². The van der Waals surface area contributed by atoms with Gasteiger partial charge in [-0.3, -0.25) is 4.79 Å². The van der Waals surface area contributed by atoms with Crippen molar-refractivity contribution in [3.8, 4) is 0 Å². The van der Waals surface area contributed by atoms with Crippen molar-refractivity contribution in [2.45, 2.75) is 6.04 Å². The van der Waals surface area contributed by atoms with Crippen molar-refractivity contribution >= 4 is 28.9 Å². The number of hydrogen-bond donors (Lipinski definition) is 2. The van der Waals surface area contributed by atoms with E-state index in [1.54, 1.807) is 35.7 Å². The Morgan fingerprint density at radius 3 is 2.50 bits per heavy atom. The fraction of sp³-hybridized carbons (Fsp3) is 0.143. The molecule has 1 amide bonds.